The van der Waals surface area contributed by atoms with Crippen LogP contribution in [0, 0.1) is 6.92 Å². The fourth-order valence-electron chi connectivity index (χ4n) is 1.99. The molecule has 24 heavy (non-hydrogen) atoms. The van der Waals surface area contributed by atoms with Gasteiger partial charge in [-0.05, 0) is 13.8 Å². The quantitative estimate of drug-likeness (QED) is 0.800. The molecule has 0 aliphatic heterocycles. The van der Waals surface area contributed by atoms with Crippen molar-refractivity contribution in [1.29, 1.82) is 0 Å². The Morgan fingerprint density at radius 2 is 1.83 bits per heavy atom. The van der Waals surface area contributed by atoms with Gasteiger partial charge in [-0.3, -0.25) is 4.79 Å². The van der Waals surface area contributed by atoms with E-state index in [0.717, 1.165) is 11.3 Å². The SMILES string of the molecule is COc1ncnc(OC)c1C(=O)NC(C)c1nc(C)c(C(=O)O)s1. The van der Waals surface area contributed by atoms with Crippen molar-refractivity contribution in [1.82, 2.24) is 20.3 Å². The summed E-state index contributed by atoms with van der Waals surface area (Å²) in [6.45, 7) is 3.31. The molecule has 0 saturated heterocycles. The maximum atomic E-state index is 12.5. The normalized spacial score (nSPS) is 11.7. The third-order valence-corrected chi connectivity index (χ3v) is 4.45. The molecule has 0 fully saturated rings. The highest BCUT2D eigenvalue weighted by atomic mass is 32.1. The molecule has 0 bridgehead atoms. The van der Waals surface area contributed by atoms with E-state index in [1.54, 1.807) is 13.8 Å². The highest BCUT2D eigenvalue weighted by molar-refractivity contribution is 7.13. The van der Waals surface area contributed by atoms with Gasteiger partial charge in [0.2, 0.25) is 11.8 Å². The summed E-state index contributed by atoms with van der Waals surface area (Å²) in [4.78, 5) is 35.7. The smallest absolute Gasteiger partial charge is 0.347 e. The first-order valence-electron chi connectivity index (χ1n) is 6.83. The molecule has 2 aromatic heterocycles. The van der Waals surface area contributed by atoms with Crippen LogP contribution in [0.4, 0.5) is 0 Å². The fraction of sp³-hybridized carbons (Fsp3) is 0.357. The van der Waals surface area contributed by atoms with Crippen LogP contribution in [0.15, 0.2) is 6.33 Å². The molecule has 0 saturated carbocycles. The number of hydrogen-bond acceptors (Lipinski definition) is 8. The van der Waals surface area contributed by atoms with E-state index in [1.807, 2.05) is 0 Å². The van der Waals surface area contributed by atoms with E-state index in [4.69, 9.17) is 14.6 Å². The van der Waals surface area contributed by atoms with Crippen LogP contribution < -0.4 is 14.8 Å². The molecule has 1 amide bonds. The lowest BCUT2D eigenvalue weighted by Gasteiger charge is -2.14. The second-order valence-electron chi connectivity index (χ2n) is 4.73. The number of ether oxygens (including phenoxy) is 2. The van der Waals surface area contributed by atoms with Gasteiger partial charge in [-0.2, -0.15) is 0 Å². The second kappa shape index (κ2) is 7.21. The molecular weight excluding hydrogens is 336 g/mol. The summed E-state index contributed by atoms with van der Waals surface area (Å²) in [6, 6.07) is -0.510. The topological polar surface area (TPSA) is 124 Å². The number of methoxy groups -OCH3 is 2. The number of carbonyl (C=O) groups is 2. The Morgan fingerprint density at radius 3 is 2.29 bits per heavy atom. The number of rotatable bonds is 6. The molecule has 0 spiro atoms. The Hall–Kier alpha value is -2.75. The van der Waals surface area contributed by atoms with Crippen LogP contribution in [-0.2, 0) is 0 Å². The number of thiazole rings is 1. The highest BCUT2D eigenvalue weighted by Crippen LogP contribution is 2.26. The molecule has 1 atom stereocenters. The van der Waals surface area contributed by atoms with E-state index in [9.17, 15) is 9.59 Å². The predicted octanol–water partition coefficient (Wildman–Crippen LogP) is 1.45. The van der Waals surface area contributed by atoms with Gasteiger partial charge in [-0.25, -0.2) is 19.7 Å². The molecular formula is C14H16N4O5S. The number of aromatic nitrogens is 3. The van der Waals surface area contributed by atoms with Crippen LogP contribution in [0.3, 0.4) is 0 Å². The first-order valence-corrected chi connectivity index (χ1v) is 7.65. The number of amides is 1. The van der Waals surface area contributed by atoms with E-state index in [1.165, 1.54) is 20.5 Å². The van der Waals surface area contributed by atoms with Crippen molar-refractivity contribution in [2.24, 2.45) is 0 Å². The van der Waals surface area contributed by atoms with Gasteiger partial charge in [0.1, 0.15) is 16.2 Å². The summed E-state index contributed by atoms with van der Waals surface area (Å²) >= 11 is 1.01. The van der Waals surface area contributed by atoms with Crippen LogP contribution in [0.25, 0.3) is 0 Å². The first-order chi connectivity index (χ1) is 11.4. The standard InChI is InChI=1S/C14H16N4O5S/c1-6-9(14(20)21)24-13(18-6)7(2)17-10(19)8-11(22-3)15-5-16-12(8)23-4/h5,7H,1-4H3,(H,17,19)(H,20,21). The molecule has 1 unspecified atom stereocenters. The molecule has 9 nitrogen and oxygen atoms in total. The number of carboxylic acids is 1. The molecule has 0 aliphatic carbocycles. The van der Waals surface area contributed by atoms with Crippen molar-refractivity contribution in [2.75, 3.05) is 14.2 Å². The summed E-state index contributed by atoms with van der Waals surface area (Å²) in [5.74, 6) is -1.41. The minimum Gasteiger partial charge on any atom is -0.480 e. The third-order valence-electron chi connectivity index (χ3n) is 3.12. The zero-order valence-corrected chi connectivity index (χ0v) is 14.3. The summed E-state index contributed by atoms with van der Waals surface area (Å²) in [6.07, 6.45) is 1.22. The zero-order valence-electron chi connectivity index (χ0n) is 13.5. The van der Waals surface area contributed by atoms with Gasteiger partial charge in [-0.15, -0.1) is 11.3 Å². The minimum atomic E-state index is -1.05. The number of nitrogens with zero attached hydrogens (tertiary/aromatic N) is 3. The lowest BCUT2D eigenvalue weighted by Crippen LogP contribution is -2.28. The van der Waals surface area contributed by atoms with Gasteiger partial charge in [0.05, 0.1) is 26.0 Å². The molecule has 2 aromatic rings. The van der Waals surface area contributed by atoms with Crippen LogP contribution in [-0.4, -0.2) is 46.2 Å². The van der Waals surface area contributed by atoms with E-state index >= 15 is 0 Å². The van der Waals surface area contributed by atoms with Gasteiger partial charge in [0, 0.05) is 0 Å². The summed E-state index contributed by atoms with van der Waals surface area (Å²) in [5, 5.41) is 12.3. The summed E-state index contributed by atoms with van der Waals surface area (Å²) < 4.78 is 10.1. The highest BCUT2D eigenvalue weighted by Gasteiger charge is 2.25. The number of aromatic carboxylic acids is 1. The Balaban J connectivity index is 2.27. The average Bonchev–Trinajstić information content (AvgIpc) is 2.96. The summed E-state index contributed by atoms with van der Waals surface area (Å²) in [7, 11) is 2.76. The van der Waals surface area contributed by atoms with Crippen molar-refractivity contribution in [3.8, 4) is 11.8 Å². The number of carboxylic acid groups (broad SMARTS) is 1. The molecule has 0 aliphatic rings. The van der Waals surface area contributed by atoms with Crippen molar-refractivity contribution in [2.45, 2.75) is 19.9 Å². The van der Waals surface area contributed by atoms with Crippen LogP contribution in [0.1, 0.15) is 43.7 Å². The second-order valence-corrected chi connectivity index (χ2v) is 5.76. The molecule has 2 N–H and O–H groups in total. The van der Waals surface area contributed by atoms with Gasteiger partial charge < -0.3 is 19.9 Å². The van der Waals surface area contributed by atoms with Crippen molar-refractivity contribution in [3.63, 3.8) is 0 Å². The van der Waals surface area contributed by atoms with Gasteiger partial charge >= 0.3 is 5.97 Å². The monoisotopic (exact) mass is 352 g/mol. The van der Waals surface area contributed by atoms with Gasteiger partial charge in [-0.1, -0.05) is 0 Å². The average molecular weight is 352 g/mol. The van der Waals surface area contributed by atoms with Crippen LogP contribution in [0.5, 0.6) is 11.8 Å². The molecule has 0 aromatic carbocycles. The van der Waals surface area contributed by atoms with Gasteiger partial charge in [0.15, 0.2) is 5.56 Å². The van der Waals surface area contributed by atoms with Crippen molar-refractivity contribution < 1.29 is 24.2 Å². The number of aryl methyl sites for hydroxylation is 1. The van der Waals surface area contributed by atoms with Crippen molar-refractivity contribution in [3.05, 3.63) is 27.5 Å². The number of carbonyl (C=O) groups excluding carboxylic acids is 1. The number of nitrogens with one attached hydrogen (secondary N) is 1. The maximum Gasteiger partial charge on any atom is 0.347 e. The Bertz CT molecular complexity index is 754. The van der Waals surface area contributed by atoms with E-state index in [-0.39, 0.29) is 22.2 Å². The predicted molar refractivity (Wildman–Crippen MR) is 84.8 cm³/mol. The zero-order chi connectivity index (χ0) is 17.9. The fourth-order valence-corrected chi connectivity index (χ4v) is 2.90. The van der Waals surface area contributed by atoms with Crippen molar-refractivity contribution >= 4 is 23.2 Å². The Kier molecular flexibility index (Phi) is 5.29. The molecule has 2 rings (SSSR count). The molecule has 128 valence electrons. The van der Waals surface area contributed by atoms with Gasteiger partial charge in [0.25, 0.3) is 5.91 Å². The third kappa shape index (κ3) is 3.43. The van der Waals surface area contributed by atoms with E-state index < -0.39 is 17.9 Å². The number of hydrogen-bond donors (Lipinski definition) is 2. The van der Waals surface area contributed by atoms with E-state index in [0.29, 0.717) is 10.7 Å². The molecule has 2 heterocycles. The Labute approximate surface area is 141 Å². The molecule has 0 radical (unpaired) electrons. The largest absolute Gasteiger partial charge is 0.480 e. The lowest BCUT2D eigenvalue weighted by atomic mass is 10.2. The first kappa shape index (κ1) is 17.6. The van der Waals surface area contributed by atoms with Crippen LogP contribution >= 0.6 is 11.3 Å². The van der Waals surface area contributed by atoms with Crippen LogP contribution in [0.2, 0.25) is 0 Å². The lowest BCUT2D eigenvalue weighted by molar-refractivity contribution is 0.0700. The molecule has 10 heteroatoms. The minimum absolute atomic E-state index is 0.0566. The Morgan fingerprint density at radius 1 is 1.25 bits per heavy atom. The summed E-state index contributed by atoms with van der Waals surface area (Å²) in [5.41, 5.74) is 0.461. The van der Waals surface area contributed by atoms with E-state index in [2.05, 4.69) is 20.3 Å². The maximum absolute atomic E-state index is 12.5.